The van der Waals surface area contributed by atoms with E-state index in [1.54, 1.807) is 11.2 Å². The van der Waals surface area contributed by atoms with Gasteiger partial charge in [-0.25, -0.2) is 0 Å². The largest absolute Gasteiger partial charge is 0.387 e. The van der Waals surface area contributed by atoms with Gasteiger partial charge in [0.1, 0.15) is 0 Å². The first-order valence-corrected chi connectivity index (χ1v) is 4.06. The van der Waals surface area contributed by atoms with Gasteiger partial charge in [-0.1, -0.05) is 19.8 Å². The van der Waals surface area contributed by atoms with Crippen molar-refractivity contribution in [3.63, 3.8) is 0 Å². The first-order valence-electron chi connectivity index (χ1n) is 4.06. The van der Waals surface area contributed by atoms with Crippen LogP contribution in [0.3, 0.4) is 0 Å². The van der Waals surface area contributed by atoms with Crippen molar-refractivity contribution in [1.82, 2.24) is 5.01 Å². The molecule has 0 amide bonds. The van der Waals surface area contributed by atoms with E-state index in [2.05, 4.69) is 12.0 Å². The zero-order chi connectivity index (χ0) is 8.69. The number of nitrogens with zero attached hydrogens (tertiary/aromatic N) is 2. The molecule has 1 atom stereocenters. The fraction of sp³-hybridized carbons (Fsp3) is 0.875. The molecule has 0 spiro atoms. The van der Waals surface area contributed by atoms with Crippen molar-refractivity contribution in [3.05, 3.63) is 0 Å². The van der Waals surface area contributed by atoms with Gasteiger partial charge in [0.25, 0.3) is 0 Å². The summed E-state index contributed by atoms with van der Waals surface area (Å²) in [5, 5.41) is 14.9. The highest BCUT2D eigenvalue weighted by atomic mass is 16.3. The van der Waals surface area contributed by atoms with Gasteiger partial charge in [0.2, 0.25) is 0 Å². The van der Waals surface area contributed by atoms with Crippen LogP contribution in [0.1, 0.15) is 26.2 Å². The Balaban J connectivity index is 3.42. The van der Waals surface area contributed by atoms with Crippen molar-refractivity contribution >= 4 is 6.21 Å². The first-order chi connectivity index (χ1) is 5.16. The molecule has 0 aliphatic heterocycles. The molecule has 0 saturated carbocycles. The minimum atomic E-state index is -0.377. The van der Waals surface area contributed by atoms with Crippen LogP contribution >= 0.6 is 0 Å². The van der Waals surface area contributed by atoms with Crippen LogP contribution in [-0.2, 0) is 0 Å². The Labute approximate surface area is 68.7 Å². The van der Waals surface area contributed by atoms with Gasteiger partial charge >= 0.3 is 0 Å². The number of hydrogen-bond donors (Lipinski definition) is 1. The third-order valence-electron chi connectivity index (χ3n) is 1.32. The number of rotatable bonds is 5. The van der Waals surface area contributed by atoms with Crippen LogP contribution in [-0.4, -0.2) is 36.5 Å². The molecule has 66 valence electrons. The summed E-state index contributed by atoms with van der Waals surface area (Å²) in [6.07, 6.45) is 4.19. The lowest BCUT2D eigenvalue weighted by Gasteiger charge is -2.06. The maximum Gasteiger partial charge on any atom is 0.0908 e. The summed E-state index contributed by atoms with van der Waals surface area (Å²) in [7, 11) is 3.67. The van der Waals surface area contributed by atoms with E-state index in [0.29, 0.717) is 0 Å². The number of aliphatic hydroxyl groups is 1. The molecular formula is C8H18N2O. The topological polar surface area (TPSA) is 35.8 Å². The van der Waals surface area contributed by atoms with E-state index in [1.807, 2.05) is 14.1 Å². The highest BCUT2D eigenvalue weighted by molar-refractivity contribution is 5.62. The zero-order valence-electron chi connectivity index (χ0n) is 7.62. The Morgan fingerprint density at radius 1 is 1.55 bits per heavy atom. The molecule has 0 radical (unpaired) electrons. The summed E-state index contributed by atoms with van der Waals surface area (Å²) < 4.78 is 0. The SMILES string of the molecule is CCCCC(O)C=NN(C)C. The molecule has 0 aliphatic carbocycles. The maximum atomic E-state index is 9.25. The standard InChI is InChI=1S/C8H18N2O/c1-4-5-6-8(11)7-9-10(2)3/h7-8,11H,4-6H2,1-3H3. The second kappa shape index (κ2) is 6.16. The lowest BCUT2D eigenvalue weighted by Crippen LogP contribution is -2.11. The minimum absolute atomic E-state index is 0.377. The molecule has 0 aromatic carbocycles. The van der Waals surface area contributed by atoms with Crippen LogP contribution in [0.15, 0.2) is 5.10 Å². The summed E-state index contributed by atoms with van der Waals surface area (Å²) in [4.78, 5) is 0. The summed E-state index contributed by atoms with van der Waals surface area (Å²) >= 11 is 0. The lowest BCUT2D eigenvalue weighted by molar-refractivity contribution is 0.229. The molecule has 0 heterocycles. The highest BCUT2D eigenvalue weighted by Gasteiger charge is 1.97. The van der Waals surface area contributed by atoms with E-state index >= 15 is 0 Å². The van der Waals surface area contributed by atoms with Gasteiger partial charge in [-0.15, -0.1) is 0 Å². The Kier molecular flexibility index (Phi) is 5.84. The van der Waals surface area contributed by atoms with Gasteiger partial charge in [0.05, 0.1) is 12.3 Å². The Bertz CT molecular complexity index is 113. The van der Waals surface area contributed by atoms with Crippen molar-refractivity contribution in [1.29, 1.82) is 0 Å². The third-order valence-corrected chi connectivity index (χ3v) is 1.32. The zero-order valence-corrected chi connectivity index (χ0v) is 7.62. The minimum Gasteiger partial charge on any atom is -0.387 e. The molecule has 0 aromatic rings. The third kappa shape index (κ3) is 7.33. The first kappa shape index (κ1) is 10.4. The lowest BCUT2D eigenvalue weighted by atomic mass is 10.2. The monoisotopic (exact) mass is 158 g/mol. The predicted octanol–water partition coefficient (Wildman–Crippen LogP) is 1.08. The van der Waals surface area contributed by atoms with Crippen LogP contribution in [0, 0.1) is 0 Å². The normalized spacial score (nSPS) is 13.8. The molecule has 0 rings (SSSR count). The molecule has 0 fully saturated rings. The highest BCUT2D eigenvalue weighted by Crippen LogP contribution is 1.97. The summed E-state index contributed by atoms with van der Waals surface area (Å²) in [6.45, 7) is 2.11. The van der Waals surface area contributed by atoms with E-state index in [9.17, 15) is 5.11 Å². The Hall–Kier alpha value is -0.570. The maximum absolute atomic E-state index is 9.25. The average Bonchev–Trinajstić information content (AvgIpc) is 1.97. The molecule has 0 aliphatic rings. The smallest absolute Gasteiger partial charge is 0.0908 e. The van der Waals surface area contributed by atoms with Gasteiger partial charge in [-0.2, -0.15) is 5.10 Å². The molecule has 0 bridgehead atoms. The van der Waals surface area contributed by atoms with Crippen LogP contribution in [0.2, 0.25) is 0 Å². The second-order valence-corrected chi connectivity index (χ2v) is 2.82. The van der Waals surface area contributed by atoms with Crippen molar-refractivity contribution in [2.24, 2.45) is 5.10 Å². The fourth-order valence-electron chi connectivity index (χ4n) is 0.698. The van der Waals surface area contributed by atoms with E-state index in [1.165, 1.54) is 0 Å². The van der Waals surface area contributed by atoms with Gasteiger partial charge < -0.3 is 10.1 Å². The summed E-state index contributed by atoms with van der Waals surface area (Å²) in [5.74, 6) is 0. The number of unbranched alkanes of at least 4 members (excludes halogenated alkanes) is 1. The molecule has 3 heteroatoms. The quantitative estimate of drug-likeness (QED) is 0.480. The van der Waals surface area contributed by atoms with Gasteiger partial charge in [-0.3, -0.25) is 0 Å². The van der Waals surface area contributed by atoms with Crippen molar-refractivity contribution in [2.75, 3.05) is 14.1 Å². The van der Waals surface area contributed by atoms with E-state index in [-0.39, 0.29) is 6.10 Å². The summed E-state index contributed by atoms with van der Waals surface area (Å²) in [5.41, 5.74) is 0. The van der Waals surface area contributed by atoms with Crippen molar-refractivity contribution in [3.8, 4) is 0 Å². The van der Waals surface area contributed by atoms with Crippen LogP contribution < -0.4 is 0 Å². The molecular weight excluding hydrogens is 140 g/mol. The van der Waals surface area contributed by atoms with Crippen molar-refractivity contribution in [2.45, 2.75) is 32.3 Å². The molecule has 1 N–H and O–H groups in total. The van der Waals surface area contributed by atoms with Gasteiger partial charge in [0, 0.05) is 14.1 Å². The molecule has 3 nitrogen and oxygen atoms in total. The average molecular weight is 158 g/mol. The molecule has 0 saturated heterocycles. The Morgan fingerprint density at radius 3 is 2.64 bits per heavy atom. The van der Waals surface area contributed by atoms with Crippen LogP contribution in [0.4, 0.5) is 0 Å². The fourth-order valence-corrected chi connectivity index (χ4v) is 0.698. The number of aliphatic hydroxyl groups excluding tert-OH is 1. The Morgan fingerprint density at radius 2 is 2.18 bits per heavy atom. The van der Waals surface area contributed by atoms with E-state index in [4.69, 9.17) is 0 Å². The number of hydrogen-bond acceptors (Lipinski definition) is 3. The second-order valence-electron chi connectivity index (χ2n) is 2.82. The predicted molar refractivity (Wildman–Crippen MR) is 47.7 cm³/mol. The molecule has 0 aromatic heterocycles. The van der Waals surface area contributed by atoms with Gasteiger partial charge in [0.15, 0.2) is 0 Å². The van der Waals surface area contributed by atoms with Crippen molar-refractivity contribution < 1.29 is 5.11 Å². The summed E-state index contributed by atoms with van der Waals surface area (Å²) in [6, 6.07) is 0. The van der Waals surface area contributed by atoms with Gasteiger partial charge in [-0.05, 0) is 6.42 Å². The van der Waals surface area contributed by atoms with E-state index in [0.717, 1.165) is 19.3 Å². The van der Waals surface area contributed by atoms with Crippen LogP contribution in [0.5, 0.6) is 0 Å². The van der Waals surface area contributed by atoms with Crippen LogP contribution in [0.25, 0.3) is 0 Å². The van der Waals surface area contributed by atoms with E-state index < -0.39 is 0 Å². The number of hydrazone groups is 1. The molecule has 1 unspecified atom stereocenters. The molecule has 11 heavy (non-hydrogen) atoms.